The van der Waals surface area contributed by atoms with E-state index in [1.807, 2.05) is 99.6 Å². The van der Waals surface area contributed by atoms with Crippen LogP contribution in [-0.2, 0) is 25.3 Å². The van der Waals surface area contributed by atoms with Crippen molar-refractivity contribution < 1.29 is 21.9 Å². The van der Waals surface area contributed by atoms with Crippen LogP contribution in [0.25, 0.3) is 0 Å². The Hall–Kier alpha value is -2.62. The third kappa shape index (κ3) is 7.91. The summed E-state index contributed by atoms with van der Waals surface area (Å²) < 4.78 is 68.6. The molecule has 0 heterocycles. The molecule has 224 valence electrons. The molecule has 0 aliphatic rings. The minimum absolute atomic E-state index is 0.107. The van der Waals surface area contributed by atoms with Gasteiger partial charge >= 0.3 is 271 Å². The zero-order valence-corrected chi connectivity index (χ0v) is 29.6. The van der Waals surface area contributed by atoms with Crippen LogP contribution in [0.4, 0.5) is 0 Å². The first-order valence-electron chi connectivity index (χ1n) is 13.2. The Morgan fingerprint density at radius 3 is 1.02 bits per heavy atom. The average molecular weight is 841 g/mol. The van der Waals surface area contributed by atoms with Crippen LogP contribution in [0.15, 0.2) is 137 Å². The van der Waals surface area contributed by atoms with Gasteiger partial charge in [-0.2, -0.15) is 0 Å². The third-order valence-corrected chi connectivity index (χ3v) is 20.9. The minimum atomic E-state index is -4.03. The summed E-state index contributed by atoms with van der Waals surface area (Å²) in [5.41, 5.74) is 2.96. The molecule has 0 unspecified atom stereocenters. The monoisotopic (exact) mass is 840 g/mol. The SMILES string of the molecule is Cc1ccc(I(OS(=O)(=O)c2ccc(C)cc2)c2ccc(I(OS(=O)(=O)c3ccc(C)cc3)c3ccccc3)cc2)cc1. The van der Waals surface area contributed by atoms with E-state index in [2.05, 4.69) is 0 Å². The molecule has 5 aromatic rings. The molecule has 5 aromatic carbocycles. The standard InChI is InChI=1S/C33H30I2O6S2/c1-25-9-15-29(16-10-25)35(41-43(38,39)33-23-13-27(3)14-24-33)31-19-17-30(18-20-31)34(28-7-5-4-6-8-28)40-42(36,37)32-21-11-26(2)12-22-32/h4-24H,1-3H3. The summed E-state index contributed by atoms with van der Waals surface area (Å²) in [6.45, 7) is 5.76. The normalized spacial score (nSPS) is 12.5. The van der Waals surface area contributed by atoms with Gasteiger partial charge in [0.05, 0.1) is 0 Å². The van der Waals surface area contributed by atoms with Gasteiger partial charge in [0.2, 0.25) is 0 Å². The van der Waals surface area contributed by atoms with Crippen LogP contribution in [0, 0.1) is 35.1 Å². The summed E-state index contributed by atoms with van der Waals surface area (Å²) in [6.07, 6.45) is 0. The maximum atomic E-state index is 13.4. The van der Waals surface area contributed by atoms with Gasteiger partial charge in [0, 0.05) is 0 Å². The van der Waals surface area contributed by atoms with Crippen molar-refractivity contribution in [3.8, 4) is 0 Å². The molecule has 0 spiro atoms. The van der Waals surface area contributed by atoms with Crippen LogP contribution in [0.5, 0.6) is 0 Å². The summed E-state index contributed by atoms with van der Waals surface area (Å²) >= 11 is -5.91. The Morgan fingerprint density at radius 1 is 0.395 bits per heavy atom. The molecule has 0 atom stereocenters. The van der Waals surface area contributed by atoms with Crippen molar-refractivity contribution in [1.82, 2.24) is 0 Å². The van der Waals surface area contributed by atoms with Crippen LogP contribution in [0.3, 0.4) is 0 Å². The zero-order valence-electron chi connectivity index (χ0n) is 23.6. The third-order valence-electron chi connectivity index (χ3n) is 6.25. The van der Waals surface area contributed by atoms with Crippen molar-refractivity contribution in [3.05, 3.63) is 158 Å². The number of halogens is 2. The first-order chi connectivity index (χ1) is 20.5. The predicted octanol–water partition coefficient (Wildman–Crippen LogP) is 8.34. The fraction of sp³-hybridized carbons (Fsp3) is 0.0909. The van der Waals surface area contributed by atoms with Crippen molar-refractivity contribution in [2.75, 3.05) is 0 Å². The Labute approximate surface area is 269 Å². The van der Waals surface area contributed by atoms with Crippen molar-refractivity contribution >= 4 is 60.7 Å². The van der Waals surface area contributed by atoms with E-state index in [0.717, 1.165) is 31.0 Å². The summed E-state index contributed by atoms with van der Waals surface area (Å²) in [5.74, 6) is 0. The van der Waals surface area contributed by atoms with E-state index in [0.29, 0.717) is 0 Å². The van der Waals surface area contributed by atoms with Crippen LogP contribution >= 0.6 is 40.5 Å². The number of benzene rings is 5. The van der Waals surface area contributed by atoms with Crippen molar-refractivity contribution in [3.63, 3.8) is 0 Å². The van der Waals surface area contributed by atoms with Crippen molar-refractivity contribution in [2.24, 2.45) is 0 Å². The van der Waals surface area contributed by atoms with Gasteiger partial charge in [0.25, 0.3) is 0 Å². The molecule has 0 radical (unpaired) electrons. The van der Waals surface area contributed by atoms with Gasteiger partial charge in [-0.25, -0.2) is 0 Å². The summed E-state index contributed by atoms with van der Waals surface area (Å²) in [7, 11) is -8.06. The van der Waals surface area contributed by atoms with Crippen LogP contribution < -0.4 is 0 Å². The number of rotatable bonds is 10. The molecule has 0 N–H and O–H groups in total. The Balaban J connectivity index is 1.51. The van der Waals surface area contributed by atoms with E-state index in [9.17, 15) is 16.8 Å². The van der Waals surface area contributed by atoms with Gasteiger partial charge in [-0.1, -0.05) is 0 Å². The summed E-state index contributed by atoms with van der Waals surface area (Å²) in [5, 5.41) is 0. The number of hydrogen-bond donors (Lipinski definition) is 0. The van der Waals surface area contributed by atoms with E-state index in [1.54, 1.807) is 48.5 Å². The molecule has 6 nitrogen and oxygen atoms in total. The predicted molar refractivity (Wildman–Crippen MR) is 186 cm³/mol. The fourth-order valence-corrected chi connectivity index (χ4v) is 17.7. The molecule has 0 amide bonds. The van der Waals surface area contributed by atoms with E-state index in [-0.39, 0.29) is 9.79 Å². The number of hydrogen-bond acceptors (Lipinski definition) is 6. The van der Waals surface area contributed by atoms with Crippen LogP contribution in [0.2, 0.25) is 0 Å². The first kappa shape index (κ1) is 31.8. The summed E-state index contributed by atoms with van der Waals surface area (Å²) in [6, 6.07) is 37.7. The van der Waals surface area contributed by atoms with Crippen molar-refractivity contribution in [1.29, 1.82) is 0 Å². The number of aryl methyl sites for hydroxylation is 3. The molecule has 43 heavy (non-hydrogen) atoms. The molecule has 10 heteroatoms. The molecule has 0 aliphatic carbocycles. The van der Waals surface area contributed by atoms with Gasteiger partial charge in [-0.15, -0.1) is 0 Å². The van der Waals surface area contributed by atoms with Crippen LogP contribution in [-0.4, -0.2) is 16.8 Å². The Morgan fingerprint density at radius 2 is 0.674 bits per heavy atom. The van der Waals surface area contributed by atoms with E-state index in [4.69, 9.17) is 5.03 Å². The van der Waals surface area contributed by atoms with E-state index >= 15 is 0 Å². The quantitative estimate of drug-likeness (QED) is 0.132. The fourth-order valence-electron chi connectivity index (χ4n) is 3.88. The average Bonchev–Trinajstić information content (AvgIpc) is 3.00. The van der Waals surface area contributed by atoms with E-state index in [1.165, 1.54) is 0 Å². The van der Waals surface area contributed by atoms with Gasteiger partial charge in [-0.3, -0.25) is 0 Å². The second kappa shape index (κ2) is 13.6. The van der Waals surface area contributed by atoms with Crippen molar-refractivity contribution in [2.45, 2.75) is 30.6 Å². The molecule has 0 aromatic heterocycles. The van der Waals surface area contributed by atoms with Gasteiger partial charge < -0.3 is 0 Å². The van der Waals surface area contributed by atoms with Gasteiger partial charge in [0.15, 0.2) is 0 Å². The zero-order chi connectivity index (χ0) is 30.6. The second-order valence-corrected chi connectivity index (χ2v) is 22.7. The Kier molecular flexibility index (Phi) is 10.0. The van der Waals surface area contributed by atoms with E-state index < -0.39 is 60.7 Å². The molecule has 0 fully saturated rings. The molecular formula is C33H30I2O6S2. The van der Waals surface area contributed by atoms with Crippen LogP contribution in [0.1, 0.15) is 16.7 Å². The molecule has 0 bridgehead atoms. The van der Waals surface area contributed by atoms with Gasteiger partial charge in [-0.05, 0) is 0 Å². The molecule has 0 saturated carbocycles. The van der Waals surface area contributed by atoms with Gasteiger partial charge in [0.1, 0.15) is 0 Å². The molecule has 0 aliphatic heterocycles. The first-order valence-corrected chi connectivity index (χ1v) is 22.1. The second-order valence-electron chi connectivity index (χ2n) is 9.69. The molecular weight excluding hydrogens is 810 g/mol. The molecule has 5 rings (SSSR count). The maximum absolute atomic E-state index is 13.4. The Bertz CT molecular complexity index is 1890. The molecule has 0 saturated heterocycles. The summed E-state index contributed by atoms with van der Waals surface area (Å²) in [4.78, 5) is 0.215. The topological polar surface area (TPSA) is 86.7 Å².